The van der Waals surface area contributed by atoms with E-state index in [1.165, 1.54) is 11.3 Å². The molecule has 0 bridgehead atoms. The minimum Gasteiger partial charge on any atom is -0.228 e. The van der Waals surface area contributed by atoms with Crippen molar-refractivity contribution in [3.05, 3.63) is 36.3 Å². The fourth-order valence-electron chi connectivity index (χ4n) is 1.26. The number of fused-ring (bicyclic) bond motifs is 1. The lowest BCUT2D eigenvalue weighted by Crippen LogP contribution is -1.89. The number of hydrogen-bond acceptors (Lipinski definition) is 3. The zero-order valence-electron chi connectivity index (χ0n) is 7.62. The first-order valence-corrected chi connectivity index (χ1v) is 6.47. The Morgan fingerprint density at radius 1 is 1.56 bits per heavy atom. The average Bonchev–Trinajstić information content (AvgIpc) is 2.64. The highest BCUT2D eigenvalue weighted by molar-refractivity contribution is 9.11. The van der Waals surface area contributed by atoms with E-state index >= 15 is 0 Å². The highest BCUT2D eigenvalue weighted by Crippen LogP contribution is 2.35. The van der Waals surface area contributed by atoms with Crippen molar-refractivity contribution in [2.45, 2.75) is 6.54 Å². The molecule has 0 atom stereocenters. The molecule has 2 rings (SSSR count). The molecule has 4 nitrogen and oxygen atoms in total. The Balaban J connectivity index is 2.68. The normalized spacial score (nSPS) is 10.4. The maximum Gasteiger partial charge on any atom is 0.160 e. The van der Waals surface area contributed by atoms with Gasteiger partial charge in [-0.3, -0.25) is 0 Å². The van der Waals surface area contributed by atoms with Crippen LogP contribution >= 0.6 is 43.2 Å². The molecule has 82 valence electrons. The second-order valence-corrected chi connectivity index (χ2v) is 5.99. The predicted octanol–water partition coefficient (Wildman–Crippen LogP) is 4.77. The van der Waals surface area contributed by atoms with Gasteiger partial charge in [0.05, 0.1) is 16.8 Å². The van der Waals surface area contributed by atoms with E-state index in [-0.39, 0.29) is 12.4 Å². The first kappa shape index (κ1) is 11.8. The summed E-state index contributed by atoms with van der Waals surface area (Å²) in [5.74, 6) is -0.381. The Hall–Kier alpha value is -0.690. The third kappa shape index (κ3) is 2.06. The van der Waals surface area contributed by atoms with Crippen molar-refractivity contribution in [3.63, 3.8) is 0 Å². The Morgan fingerprint density at radius 2 is 2.31 bits per heavy atom. The molecule has 0 aliphatic heterocycles. The van der Waals surface area contributed by atoms with E-state index in [0.29, 0.717) is 24.2 Å². The van der Waals surface area contributed by atoms with E-state index < -0.39 is 0 Å². The van der Waals surface area contributed by atoms with Gasteiger partial charge >= 0.3 is 0 Å². The van der Waals surface area contributed by atoms with Crippen LogP contribution in [0.4, 0.5) is 4.39 Å². The summed E-state index contributed by atoms with van der Waals surface area (Å²) >= 11 is 7.72. The standard InChI is InChI=1S/C8H3Br2FN4S/c9-4-1-3(2-13-15-12)5(11)7-6(4)14-8(10)16-7/h1H,2H2. The van der Waals surface area contributed by atoms with Crippen LogP contribution in [-0.2, 0) is 6.54 Å². The van der Waals surface area contributed by atoms with Gasteiger partial charge in [0.2, 0.25) is 0 Å². The maximum atomic E-state index is 13.9. The fraction of sp³-hybridized carbons (Fsp3) is 0.125. The number of azide groups is 1. The summed E-state index contributed by atoms with van der Waals surface area (Å²) in [5, 5.41) is 3.35. The minimum absolute atomic E-state index is 0.00755. The summed E-state index contributed by atoms with van der Waals surface area (Å²) in [7, 11) is 0. The van der Waals surface area contributed by atoms with E-state index in [2.05, 4.69) is 46.9 Å². The van der Waals surface area contributed by atoms with E-state index in [4.69, 9.17) is 5.53 Å². The molecule has 2 aromatic rings. The molecule has 8 heteroatoms. The van der Waals surface area contributed by atoms with Gasteiger partial charge in [-0.25, -0.2) is 9.37 Å². The molecule has 0 amide bonds. The molecular formula is C8H3Br2FN4S. The van der Waals surface area contributed by atoms with Gasteiger partial charge in [-0.15, -0.1) is 11.3 Å². The maximum absolute atomic E-state index is 13.9. The topological polar surface area (TPSA) is 61.7 Å². The highest BCUT2D eigenvalue weighted by Gasteiger charge is 2.14. The van der Waals surface area contributed by atoms with Crippen LogP contribution < -0.4 is 0 Å². The van der Waals surface area contributed by atoms with Crippen molar-refractivity contribution in [2.24, 2.45) is 5.11 Å². The minimum atomic E-state index is -0.381. The Bertz CT molecular complexity index is 606. The monoisotopic (exact) mass is 364 g/mol. The quantitative estimate of drug-likeness (QED) is 0.429. The van der Waals surface area contributed by atoms with Crippen LogP contribution in [0.2, 0.25) is 0 Å². The molecule has 0 unspecified atom stereocenters. The number of hydrogen-bond donors (Lipinski definition) is 0. The van der Waals surface area contributed by atoms with Crippen molar-refractivity contribution in [2.75, 3.05) is 0 Å². The molecule has 0 saturated carbocycles. The predicted molar refractivity (Wildman–Crippen MR) is 67.8 cm³/mol. The molecule has 0 N–H and O–H groups in total. The first-order valence-electron chi connectivity index (χ1n) is 4.07. The molecule has 0 spiro atoms. The van der Waals surface area contributed by atoms with Crippen molar-refractivity contribution >= 4 is 53.4 Å². The molecule has 0 saturated heterocycles. The number of rotatable bonds is 2. The van der Waals surface area contributed by atoms with Gasteiger partial charge in [-0.05, 0) is 49.0 Å². The Morgan fingerprint density at radius 3 is 3.00 bits per heavy atom. The molecule has 0 aliphatic carbocycles. The molecule has 1 heterocycles. The number of nitrogens with zero attached hydrogens (tertiary/aromatic N) is 4. The summed E-state index contributed by atoms with van der Waals surface area (Å²) in [5.41, 5.74) is 9.14. The van der Waals surface area contributed by atoms with Gasteiger partial charge in [-0.2, -0.15) is 0 Å². The van der Waals surface area contributed by atoms with E-state index in [9.17, 15) is 4.39 Å². The smallest absolute Gasteiger partial charge is 0.160 e. The second kappa shape index (κ2) is 4.67. The Kier molecular flexibility index (Phi) is 3.44. The van der Waals surface area contributed by atoms with Crippen LogP contribution in [0.15, 0.2) is 19.6 Å². The Labute approximate surface area is 110 Å². The van der Waals surface area contributed by atoms with Crippen molar-refractivity contribution in [3.8, 4) is 0 Å². The number of benzene rings is 1. The second-order valence-electron chi connectivity index (χ2n) is 2.87. The van der Waals surface area contributed by atoms with E-state index in [1.807, 2.05) is 0 Å². The number of aromatic nitrogens is 1. The lowest BCUT2D eigenvalue weighted by molar-refractivity contribution is 0.624. The zero-order valence-corrected chi connectivity index (χ0v) is 11.6. The van der Waals surface area contributed by atoms with Crippen LogP contribution in [0, 0.1) is 5.82 Å². The lowest BCUT2D eigenvalue weighted by atomic mass is 10.2. The zero-order chi connectivity index (χ0) is 11.7. The van der Waals surface area contributed by atoms with Crippen LogP contribution in [0.1, 0.15) is 5.56 Å². The van der Waals surface area contributed by atoms with Crippen LogP contribution in [-0.4, -0.2) is 4.98 Å². The van der Waals surface area contributed by atoms with E-state index in [0.717, 1.165) is 0 Å². The first-order chi connectivity index (χ1) is 7.63. The van der Waals surface area contributed by atoms with Gasteiger partial charge in [0.1, 0.15) is 5.82 Å². The SMILES string of the molecule is [N-]=[N+]=NCc1cc(Br)c2nc(Br)sc2c1F. The molecule has 0 fully saturated rings. The van der Waals surface area contributed by atoms with Crippen LogP contribution in [0.25, 0.3) is 20.7 Å². The van der Waals surface area contributed by atoms with Gasteiger partial charge in [0.15, 0.2) is 3.92 Å². The summed E-state index contributed by atoms with van der Waals surface area (Å²) in [6, 6.07) is 1.58. The molecular weight excluding hydrogens is 363 g/mol. The third-order valence-corrected chi connectivity index (χ3v) is 4.02. The van der Waals surface area contributed by atoms with E-state index in [1.54, 1.807) is 6.07 Å². The van der Waals surface area contributed by atoms with Gasteiger partial charge < -0.3 is 0 Å². The van der Waals surface area contributed by atoms with Crippen molar-refractivity contribution < 1.29 is 4.39 Å². The number of halogens is 3. The molecule has 0 radical (unpaired) electrons. The van der Waals surface area contributed by atoms with Crippen molar-refractivity contribution in [1.29, 1.82) is 0 Å². The lowest BCUT2D eigenvalue weighted by Gasteiger charge is -2.01. The largest absolute Gasteiger partial charge is 0.228 e. The molecule has 1 aromatic carbocycles. The molecule has 0 aliphatic rings. The third-order valence-electron chi connectivity index (χ3n) is 1.91. The van der Waals surface area contributed by atoms with Gasteiger partial charge in [-0.1, -0.05) is 5.11 Å². The van der Waals surface area contributed by atoms with Crippen LogP contribution in [0.3, 0.4) is 0 Å². The van der Waals surface area contributed by atoms with Crippen molar-refractivity contribution in [1.82, 2.24) is 4.98 Å². The summed E-state index contributed by atoms with van der Waals surface area (Å²) in [6.45, 7) is -0.00755. The summed E-state index contributed by atoms with van der Waals surface area (Å²) in [6.07, 6.45) is 0. The van der Waals surface area contributed by atoms with Gasteiger partial charge in [0.25, 0.3) is 0 Å². The van der Waals surface area contributed by atoms with Gasteiger partial charge in [0, 0.05) is 9.38 Å². The summed E-state index contributed by atoms with van der Waals surface area (Å²) < 4.78 is 15.7. The number of thiazole rings is 1. The summed E-state index contributed by atoms with van der Waals surface area (Å²) in [4.78, 5) is 6.75. The molecule has 1 aromatic heterocycles. The average molecular weight is 366 g/mol. The molecule has 16 heavy (non-hydrogen) atoms. The van der Waals surface area contributed by atoms with Crippen LogP contribution in [0.5, 0.6) is 0 Å². The highest BCUT2D eigenvalue weighted by atomic mass is 79.9. The fourth-order valence-corrected chi connectivity index (χ4v) is 3.39.